The predicted octanol–water partition coefficient (Wildman–Crippen LogP) is 5.67. The van der Waals surface area contributed by atoms with E-state index in [-0.39, 0.29) is 23.4 Å². The molecular weight excluding hydrogens is 508 g/mol. The summed E-state index contributed by atoms with van der Waals surface area (Å²) in [5.74, 6) is 0.441. The molecule has 1 fully saturated rings. The van der Waals surface area contributed by atoms with Gasteiger partial charge < -0.3 is 11.1 Å². The van der Waals surface area contributed by atoms with Crippen molar-refractivity contribution in [3.05, 3.63) is 69.8 Å². The predicted molar refractivity (Wildman–Crippen MR) is 125 cm³/mol. The highest BCUT2D eigenvalue weighted by Crippen LogP contribution is 2.37. The number of carbonyl (C=O) groups excluding carboxylic acids is 1. The molecule has 2 heterocycles. The number of thioether (sulfide) groups is 1. The first-order valence-corrected chi connectivity index (χ1v) is 11.5. The number of halogens is 6. The molecule has 13 heteroatoms. The van der Waals surface area contributed by atoms with Gasteiger partial charge in [0.25, 0.3) is 5.24 Å². The Morgan fingerprint density at radius 1 is 1.08 bits per heavy atom. The largest absolute Gasteiger partial charge is 0.416 e. The van der Waals surface area contributed by atoms with Crippen LogP contribution in [-0.2, 0) is 18.9 Å². The zero-order valence-corrected chi connectivity index (χ0v) is 19.3. The lowest BCUT2D eigenvalue weighted by atomic mass is 10.0. The first kappa shape index (κ1) is 25.8. The van der Waals surface area contributed by atoms with E-state index in [9.17, 15) is 31.1 Å². The number of amidine groups is 1. The summed E-state index contributed by atoms with van der Waals surface area (Å²) in [4.78, 5) is 16.8. The van der Waals surface area contributed by atoms with Crippen molar-refractivity contribution < 1.29 is 31.1 Å². The van der Waals surface area contributed by atoms with Crippen LogP contribution in [0, 0.1) is 0 Å². The van der Waals surface area contributed by atoms with Crippen molar-refractivity contribution in [1.82, 2.24) is 15.1 Å². The minimum absolute atomic E-state index is 0.115. The lowest BCUT2D eigenvalue weighted by molar-refractivity contribution is -0.143. The number of fused-ring (bicyclic) bond motifs is 1. The van der Waals surface area contributed by atoms with E-state index < -0.39 is 23.5 Å². The van der Waals surface area contributed by atoms with E-state index in [0.29, 0.717) is 52.8 Å². The van der Waals surface area contributed by atoms with E-state index in [1.807, 2.05) is 0 Å². The van der Waals surface area contributed by atoms with Crippen LogP contribution in [-0.4, -0.2) is 33.9 Å². The molecule has 0 radical (unpaired) electrons. The zero-order chi connectivity index (χ0) is 26.1. The van der Waals surface area contributed by atoms with Crippen LogP contribution >= 0.6 is 11.8 Å². The van der Waals surface area contributed by atoms with Gasteiger partial charge in [0.1, 0.15) is 5.84 Å². The third-order valence-corrected chi connectivity index (χ3v) is 6.06. The molecule has 36 heavy (non-hydrogen) atoms. The zero-order valence-electron chi connectivity index (χ0n) is 18.5. The van der Waals surface area contributed by atoms with Crippen molar-refractivity contribution >= 4 is 39.8 Å². The van der Waals surface area contributed by atoms with E-state index in [2.05, 4.69) is 15.4 Å². The summed E-state index contributed by atoms with van der Waals surface area (Å²) in [6, 6.07) is 6.69. The lowest BCUT2D eigenvalue weighted by Gasteiger charge is -2.16. The average molecular weight is 527 g/mol. The van der Waals surface area contributed by atoms with Gasteiger partial charge in [0.05, 0.1) is 28.1 Å². The Morgan fingerprint density at radius 2 is 1.86 bits per heavy atom. The minimum atomic E-state index is -4.96. The molecule has 6 nitrogen and oxygen atoms in total. The summed E-state index contributed by atoms with van der Waals surface area (Å²) < 4.78 is 80.5. The third kappa shape index (κ3) is 5.90. The van der Waals surface area contributed by atoms with Crippen molar-refractivity contribution in [3.63, 3.8) is 0 Å². The number of amides is 1. The normalized spacial score (nSPS) is 16.9. The van der Waals surface area contributed by atoms with Crippen LogP contribution in [0.2, 0.25) is 0 Å². The van der Waals surface area contributed by atoms with Crippen LogP contribution in [0.5, 0.6) is 0 Å². The maximum absolute atomic E-state index is 13.5. The molecule has 0 bridgehead atoms. The smallest absolute Gasteiger partial charge is 0.330 e. The van der Waals surface area contributed by atoms with E-state index in [1.165, 1.54) is 10.9 Å². The number of benzene rings is 2. The van der Waals surface area contributed by atoms with Gasteiger partial charge in [0.15, 0.2) is 0 Å². The summed E-state index contributed by atoms with van der Waals surface area (Å²) in [6.07, 6.45) is -5.93. The van der Waals surface area contributed by atoms with Crippen LogP contribution in [0.15, 0.2) is 52.5 Å². The summed E-state index contributed by atoms with van der Waals surface area (Å²) in [5.41, 5.74) is 3.60. The highest BCUT2D eigenvalue weighted by molar-refractivity contribution is 8.18. The number of hydrogen-bond donors (Lipinski definition) is 2. The van der Waals surface area contributed by atoms with Gasteiger partial charge in [0.2, 0.25) is 0 Å². The standard InChI is InChI=1S/C23H19F6N5OS/c24-22(25,26)16-4-3-14(17(10-16)23(27,28)29)11-34-12-15-8-13(2-5-18(15)33-34)9-19-20(31-7-1-6-30)32-21(35)36-19/h2-5,8-10,12H,1,6-7,11,30H2,(H,31,32,35)/b19-9-. The molecule has 1 saturated heterocycles. The van der Waals surface area contributed by atoms with Crippen LogP contribution in [0.1, 0.15) is 28.7 Å². The number of rotatable bonds is 6. The van der Waals surface area contributed by atoms with Crippen LogP contribution in [0.25, 0.3) is 17.0 Å². The van der Waals surface area contributed by atoms with E-state index >= 15 is 0 Å². The van der Waals surface area contributed by atoms with Gasteiger partial charge in [-0.25, -0.2) is 0 Å². The SMILES string of the molecule is NCCCN=C1NC(=O)S/C1=C\c1ccc2nn(Cc3ccc(C(F)(F)F)cc3C(F)(F)F)cc2c1. The lowest BCUT2D eigenvalue weighted by Crippen LogP contribution is -2.19. The molecule has 4 rings (SSSR count). The molecule has 2 aromatic carbocycles. The van der Waals surface area contributed by atoms with Gasteiger partial charge in [-0.2, -0.15) is 31.4 Å². The average Bonchev–Trinajstić information content (AvgIpc) is 3.34. The Hall–Kier alpha value is -3.32. The Morgan fingerprint density at radius 3 is 2.56 bits per heavy atom. The molecule has 190 valence electrons. The molecule has 0 spiro atoms. The van der Waals surface area contributed by atoms with E-state index in [1.54, 1.807) is 24.3 Å². The van der Waals surface area contributed by atoms with Crippen molar-refractivity contribution in [2.75, 3.05) is 13.1 Å². The van der Waals surface area contributed by atoms with Crippen molar-refractivity contribution in [1.29, 1.82) is 0 Å². The van der Waals surface area contributed by atoms with Crippen molar-refractivity contribution in [2.45, 2.75) is 25.3 Å². The highest BCUT2D eigenvalue weighted by atomic mass is 32.2. The molecule has 1 aromatic heterocycles. The molecule has 0 aliphatic carbocycles. The topological polar surface area (TPSA) is 85.3 Å². The Bertz CT molecular complexity index is 1360. The fourth-order valence-corrected chi connectivity index (χ4v) is 4.33. The van der Waals surface area contributed by atoms with Gasteiger partial charge in [-0.3, -0.25) is 14.5 Å². The van der Waals surface area contributed by atoms with Crippen LogP contribution < -0.4 is 11.1 Å². The van der Waals surface area contributed by atoms with Gasteiger partial charge in [-0.15, -0.1) is 0 Å². The fourth-order valence-electron chi connectivity index (χ4n) is 3.58. The second-order valence-corrected chi connectivity index (χ2v) is 8.92. The quantitative estimate of drug-likeness (QED) is 0.320. The summed E-state index contributed by atoms with van der Waals surface area (Å²) in [7, 11) is 0. The number of aromatic nitrogens is 2. The third-order valence-electron chi connectivity index (χ3n) is 5.24. The molecule has 1 aliphatic heterocycles. The number of nitrogens with one attached hydrogen (secondary N) is 1. The number of carbonyl (C=O) groups is 1. The Kier molecular flexibility index (Phi) is 7.14. The van der Waals surface area contributed by atoms with Gasteiger partial charge >= 0.3 is 12.4 Å². The summed E-state index contributed by atoms with van der Waals surface area (Å²) in [5, 5.41) is 7.26. The minimum Gasteiger partial charge on any atom is -0.330 e. The molecule has 0 saturated carbocycles. The van der Waals surface area contributed by atoms with Gasteiger partial charge in [-0.1, -0.05) is 12.1 Å². The molecule has 3 aromatic rings. The van der Waals surface area contributed by atoms with Gasteiger partial charge in [-0.05, 0) is 66.2 Å². The Balaban J connectivity index is 1.62. The maximum atomic E-state index is 13.5. The summed E-state index contributed by atoms with van der Waals surface area (Å²) >= 11 is 0.987. The molecule has 0 unspecified atom stereocenters. The monoisotopic (exact) mass is 527 g/mol. The second-order valence-electron chi connectivity index (χ2n) is 7.91. The summed E-state index contributed by atoms with van der Waals surface area (Å²) in [6.45, 7) is 0.554. The molecule has 1 amide bonds. The number of nitrogens with two attached hydrogens (primary N) is 1. The molecule has 0 atom stereocenters. The fraction of sp³-hybridized carbons (Fsp3) is 0.261. The molecule has 1 aliphatic rings. The first-order valence-electron chi connectivity index (χ1n) is 10.6. The second kappa shape index (κ2) is 9.97. The van der Waals surface area contributed by atoms with E-state index in [0.717, 1.165) is 17.8 Å². The highest BCUT2D eigenvalue weighted by Gasteiger charge is 2.38. The van der Waals surface area contributed by atoms with Gasteiger partial charge in [0, 0.05) is 18.1 Å². The molecular formula is C23H19F6N5OS. The van der Waals surface area contributed by atoms with Crippen LogP contribution in [0.3, 0.4) is 0 Å². The number of nitrogens with zero attached hydrogens (tertiary/aromatic N) is 3. The maximum Gasteiger partial charge on any atom is 0.416 e. The van der Waals surface area contributed by atoms with Crippen LogP contribution in [0.4, 0.5) is 31.1 Å². The van der Waals surface area contributed by atoms with Crippen molar-refractivity contribution in [3.8, 4) is 0 Å². The Labute approximate surface area is 205 Å². The van der Waals surface area contributed by atoms with E-state index in [4.69, 9.17) is 5.73 Å². The number of hydrogen-bond acceptors (Lipinski definition) is 5. The first-order chi connectivity index (χ1) is 16.9. The number of aliphatic imine (C=N–C) groups is 1. The van der Waals surface area contributed by atoms with Crippen molar-refractivity contribution in [2.24, 2.45) is 10.7 Å². The molecule has 3 N–H and O–H groups in total. The number of alkyl halides is 6.